The lowest BCUT2D eigenvalue weighted by molar-refractivity contribution is -0.384. The summed E-state index contributed by atoms with van der Waals surface area (Å²) in [6.07, 6.45) is 9.22. The highest BCUT2D eigenvalue weighted by Gasteiger charge is 2.25. The van der Waals surface area contributed by atoms with Crippen molar-refractivity contribution in [1.29, 1.82) is 0 Å². The molecule has 0 spiro atoms. The monoisotopic (exact) mass is 304 g/mol. The van der Waals surface area contributed by atoms with Crippen LogP contribution in [-0.4, -0.2) is 40.5 Å². The largest absolute Gasteiger partial charge is 0.362 e. The normalized spacial score (nSPS) is 21.1. The van der Waals surface area contributed by atoms with Gasteiger partial charge in [0.2, 0.25) is 5.82 Å². The van der Waals surface area contributed by atoms with Crippen LogP contribution >= 0.6 is 0 Å². The van der Waals surface area contributed by atoms with E-state index in [9.17, 15) is 10.1 Å². The highest BCUT2D eigenvalue weighted by molar-refractivity contribution is 5.55. The lowest BCUT2D eigenvalue weighted by Gasteiger charge is -2.33. The van der Waals surface area contributed by atoms with Crippen LogP contribution in [0.5, 0.6) is 0 Å². The predicted octanol–water partition coefficient (Wildman–Crippen LogP) is 3.06. The van der Waals surface area contributed by atoms with Gasteiger partial charge in [-0.3, -0.25) is 10.1 Å². The van der Waals surface area contributed by atoms with E-state index in [0.717, 1.165) is 31.8 Å². The summed E-state index contributed by atoms with van der Waals surface area (Å²) in [5.41, 5.74) is 0.0656. The molecule has 22 heavy (non-hydrogen) atoms. The molecule has 6 heteroatoms. The Morgan fingerprint density at radius 1 is 1.27 bits per heavy atom. The molecular weight excluding hydrogens is 280 g/mol. The van der Waals surface area contributed by atoms with Crippen molar-refractivity contribution in [3.63, 3.8) is 0 Å². The molecule has 0 aromatic carbocycles. The smallest absolute Gasteiger partial charge is 0.311 e. The molecule has 1 aromatic heterocycles. The summed E-state index contributed by atoms with van der Waals surface area (Å²) in [7, 11) is 0. The number of anilines is 1. The summed E-state index contributed by atoms with van der Waals surface area (Å²) < 4.78 is 0. The first-order chi connectivity index (χ1) is 10.7. The van der Waals surface area contributed by atoms with E-state index in [0.29, 0.717) is 5.82 Å². The van der Waals surface area contributed by atoms with Gasteiger partial charge in [-0.2, -0.15) is 0 Å². The van der Waals surface area contributed by atoms with E-state index in [-0.39, 0.29) is 16.7 Å². The van der Waals surface area contributed by atoms with E-state index in [1.54, 1.807) is 12.3 Å². The third kappa shape index (κ3) is 3.74. The first kappa shape index (κ1) is 15.2. The molecule has 2 aliphatic rings. The number of hydrogen-bond donors (Lipinski definition) is 1. The van der Waals surface area contributed by atoms with Crippen molar-refractivity contribution in [3.8, 4) is 0 Å². The van der Waals surface area contributed by atoms with Crippen molar-refractivity contribution >= 4 is 11.5 Å². The van der Waals surface area contributed by atoms with Gasteiger partial charge in [0.05, 0.1) is 4.92 Å². The van der Waals surface area contributed by atoms with Gasteiger partial charge in [-0.05, 0) is 37.7 Å². The molecule has 1 aromatic rings. The van der Waals surface area contributed by atoms with Crippen molar-refractivity contribution < 1.29 is 4.92 Å². The second kappa shape index (κ2) is 7.05. The standard InChI is InChI=1S/C16H24N4O2/c21-20(22)15-6-3-9-17-16(15)18-14-7-10-19(11-8-14)12-13-4-1-2-5-13/h3,6,9,13-14H,1-2,4-5,7-8,10-12H2,(H,17,18). The number of piperidine rings is 1. The van der Waals surface area contributed by atoms with Crippen LogP contribution in [0.2, 0.25) is 0 Å². The van der Waals surface area contributed by atoms with E-state index < -0.39 is 0 Å². The summed E-state index contributed by atoms with van der Waals surface area (Å²) in [6.45, 7) is 3.39. The Labute approximate surface area is 131 Å². The number of rotatable bonds is 5. The van der Waals surface area contributed by atoms with Crippen molar-refractivity contribution in [1.82, 2.24) is 9.88 Å². The molecule has 6 nitrogen and oxygen atoms in total. The second-order valence-electron chi connectivity index (χ2n) is 6.50. The van der Waals surface area contributed by atoms with Crippen LogP contribution in [0.1, 0.15) is 38.5 Å². The Morgan fingerprint density at radius 2 is 2.00 bits per heavy atom. The highest BCUT2D eigenvalue weighted by Crippen LogP contribution is 2.27. The maximum Gasteiger partial charge on any atom is 0.311 e. The van der Waals surface area contributed by atoms with E-state index in [1.807, 2.05) is 0 Å². The first-order valence-corrected chi connectivity index (χ1v) is 8.30. The average molecular weight is 304 g/mol. The molecule has 120 valence electrons. The Kier molecular flexibility index (Phi) is 4.87. The van der Waals surface area contributed by atoms with Crippen LogP contribution in [0, 0.1) is 16.0 Å². The summed E-state index contributed by atoms with van der Waals surface area (Å²) in [5.74, 6) is 1.29. The molecule has 0 atom stereocenters. The Bertz CT molecular complexity index is 509. The number of nitro groups is 1. The minimum atomic E-state index is -0.370. The minimum absolute atomic E-state index is 0.0656. The number of aromatic nitrogens is 1. The highest BCUT2D eigenvalue weighted by atomic mass is 16.6. The van der Waals surface area contributed by atoms with Crippen LogP contribution in [0.4, 0.5) is 11.5 Å². The van der Waals surface area contributed by atoms with E-state index >= 15 is 0 Å². The second-order valence-corrected chi connectivity index (χ2v) is 6.50. The average Bonchev–Trinajstić information content (AvgIpc) is 3.02. The summed E-state index contributed by atoms with van der Waals surface area (Å²) in [4.78, 5) is 17.3. The molecule has 3 rings (SSSR count). The quantitative estimate of drug-likeness (QED) is 0.668. The van der Waals surface area contributed by atoms with Crippen LogP contribution in [0.25, 0.3) is 0 Å². The SMILES string of the molecule is O=[N+]([O-])c1cccnc1NC1CCN(CC2CCCC2)CC1. The van der Waals surface area contributed by atoms with Gasteiger partial charge in [-0.25, -0.2) is 4.98 Å². The lowest BCUT2D eigenvalue weighted by Crippen LogP contribution is -2.41. The summed E-state index contributed by atoms with van der Waals surface area (Å²) in [5, 5.41) is 14.3. The molecule has 0 amide bonds. The number of nitrogens with zero attached hydrogens (tertiary/aromatic N) is 3. The van der Waals surface area contributed by atoms with E-state index in [1.165, 1.54) is 38.3 Å². The molecule has 1 saturated carbocycles. The van der Waals surface area contributed by atoms with E-state index in [2.05, 4.69) is 15.2 Å². The third-order valence-electron chi connectivity index (χ3n) is 4.90. The fraction of sp³-hybridized carbons (Fsp3) is 0.688. The molecule has 1 aliphatic heterocycles. The van der Waals surface area contributed by atoms with Gasteiger partial charge in [0, 0.05) is 37.9 Å². The lowest BCUT2D eigenvalue weighted by atomic mass is 10.0. The number of likely N-dealkylation sites (tertiary alicyclic amines) is 1. The van der Waals surface area contributed by atoms with Crippen LogP contribution < -0.4 is 5.32 Å². The molecule has 1 aliphatic carbocycles. The number of pyridine rings is 1. The van der Waals surface area contributed by atoms with Gasteiger partial charge in [0.15, 0.2) is 0 Å². The zero-order valence-electron chi connectivity index (χ0n) is 12.9. The maximum atomic E-state index is 11.0. The van der Waals surface area contributed by atoms with Gasteiger partial charge < -0.3 is 10.2 Å². The molecule has 1 saturated heterocycles. The van der Waals surface area contributed by atoms with Gasteiger partial charge in [0.1, 0.15) is 0 Å². The van der Waals surface area contributed by atoms with E-state index in [4.69, 9.17) is 0 Å². The summed E-state index contributed by atoms with van der Waals surface area (Å²) in [6, 6.07) is 3.39. The van der Waals surface area contributed by atoms with Gasteiger partial charge >= 0.3 is 5.69 Å². The number of hydrogen-bond acceptors (Lipinski definition) is 5. The first-order valence-electron chi connectivity index (χ1n) is 8.30. The minimum Gasteiger partial charge on any atom is -0.362 e. The molecule has 0 unspecified atom stereocenters. The van der Waals surface area contributed by atoms with Gasteiger partial charge in [-0.1, -0.05) is 12.8 Å². The molecule has 0 radical (unpaired) electrons. The number of nitrogens with one attached hydrogen (secondary N) is 1. The third-order valence-corrected chi connectivity index (χ3v) is 4.90. The maximum absolute atomic E-state index is 11.0. The topological polar surface area (TPSA) is 71.3 Å². The fourth-order valence-corrected chi connectivity index (χ4v) is 3.67. The molecular formula is C16H24N4O2. The molecule has 1 N–H and O–H groups in total. The Morgan fingerprint density at radius 3 is 2.68 bits per heavy atom. The van der Waals surface area contributed by atoms with Crippen molar-refractivity contribution in [2.24, 2.45) is 5.92 Å². The molecule has 2 heterocycles. The predicted molar refractivity (Wildman–Crippen MR) is 85.9 cm³/mol. The van der Waals surface area contributed by atoms with Crippen LogP contribution in [-0.2, 0) is 0 Å². The van der Waals surface area contributed by atoms with Crippen molar-refractivity contribution in [2.45, 2.75) is 44.6 Å². The molecule has 0 bridgehead atoms. The van der Waals surface area contributed by atoms with Crippen LogP contribution in [0.15, 0.2) is 18.3 Å². The zero-order valence-corrected chi connectivity index (χ0v) is 12.9. The Balaban J connectivity index is 1.50. The fourth-order valence-electron chi connectivity index (χ4n) is 3.67. The van der Waals surface area contributed by atoms with Gasteiger partial charge in [0.25, 0.3) is 0 Å². The van der Waals surface area contributed by atoms with Crippen molar-refractivity contribution in [3.05, 3.63) is 28.4 Å². The molecule has 2 fully saturated rings. The summed E-state index contributed by atoms with van der Waals surface area (Å²) >= 11 is 0. The zero-order chi connectivity index (χ0) is 15.4. The van der Waals surface area contributed by atoms with Crippen molar-refractivity contribution in [2.75, 3.05) is 25.0 Å². The van der Waals surface area contributed by atoms with Crippen LogP contribution in [0.3, 0.4) is 0 Å². The Hall–Kier alpha value is -1.69. The van der Waals surface area contributed by atoms with Gasteiger partial charge in [-0.15, -0.1) is 0 Å².